The molecule has 1 aliphatic rings. The van der Waals surface area contributed by atoms with Gasteiger partial charge in [-0.25, -0.2) is 4.98 Å². The Morgan fingerprint density at radius 3 is 2.57 bits per heavy atom. The molecule has 1 aliphatic heterocycles. The molecule has 1 fully saturated rings. The van der Waals surface area contributed by atoms with Crippen LogP contribution in [0.1, 0.15) is 18.0 Å². The Balaban J connectivity index is 0.00000140. The van der Waals surface area contributed by atoms with E-state index in [1.165, 1.54) is 0 Å². The highest BCUT2D eigenvalue weighted by atomic mass is 35.5. The highest BCUT2D eigenvalue weighted by molar-refractivity contribution is 5.85. The molecule has 150 valence electrons. The number of halogens is 2. The fourth-order valence-electron chi connectivity index (χ4n) is 3.48. The molecule has 4 rings (SSSR count). The lowest BCUT2D eigenvalue weighted by Crippen LogP contribution is -2.24. The van der Waals surface area contributed by atoms with Gasteiger partial charge in [0, 0.05) is 31.0 Å². The number of benzene rings is 2. The molecule has 28 heavy (non-hydrogen) atoms. The van der Waals surface area contributed by atoms with E-state index in [1.54, 1.807) is 0 Å². The Hall–Kier alpha value is -2.05. The van der Waals surface area contributed by atoms with Crippen LogP contribution in [0.5, 0.6) is 5.75 Å². The normalized spacial score (nSPS) is 18.2. The van der Waals surface area contributed by atoms with Crippen LogP contribution in [-0.4, -0.2) is 33.9 Å². The molecular weight excluding hydrogens is 397 g/mol. The zero-order valence-corrected chi connectivity index (χ0v) is 17.0. The van der Waals surface area contributed by atoms with Crippen molar-refractivity contribution >= 4 is 24.8 Å². The Morgan fingerprint density at radius 1 is 1.07 bits per heavy atom. The van der Waals surface area contributed by atoms with E-state index >= 15 is 0 Å². The maximum atomic E-state index is 9.38. The number of aromatic nitrogens is 2. The van der Waals surface area contributed by atoms with Crippen LogP contribution in [0, 0.1) is 0 Å². The predicted octanol–water partition coefficient (Wildman–Crippen LogP) is 3.87. The van der Waals surface area contributed by atoms with Crippen LogP contribution >= 0.6 is 24.8 Å². The third-order valence-electron chi connectivity index (χ3n) is 4.85. The lowest BCUT2D eigenvalue weighted by Gasteiger charge is -2.17. The summed E-state index contributed by atoms with van der Waals surface area (Å²) < 4.78 is 8.29. The fraction of sp³-hybridized carbons (Fsp3) is 0.286. The molecule has 2 atom stereocenters. The topological polar surface area (TPSA) is 59.3 Å². The highest BCUT2D eigenvalue weighted by Gasteiger charge is 2.27. The van der Waals surface area contributed by atoms with Gasteiger partial charge in [0.25, 0.3) is 0 Å². The zero-order chi connectivity index (χ0) is 17.8. The highest BCUT2D eigenvalue weighted by Crippen LogP contribution is 2.32. The third-order valence-corrected chi connectivity index (χ3v) is 4.85. The van der Waals surface area contributed by atoms with Crippen molar-refractivity contribution in [2.45, 2.75) is 25.1 Å². The van der Waals surface area contributed by atoms with Crippen LogP contribution in [0.3, 0.4) is 0 Å². The first-order chi connectivity index (χ1) is 12.8. The largest absolute Gasteiger partial charge is 0.488 e. The van der Waals surface area contributed by atoms with Gasteiger partial charge in [0.2, 0.25) is 0 Å². The summed E-state index contributed by atoms with van der Waals surface area (Å²) in [5, 5.41) is 12.7. The number of nitrogens with one attached hydrogen (secondary N) is 1. The lowest BCUT2D eigenvalue weighted by molar-refractivity contribution is 0.253. The third kappa shape index (κ3) is 4.86. The number of aliphatic hydroxyl groups is 1. The summed E-state index contributed by atoms with van der Waals surface area (Å²) >= 11 is 0. The Morgan fingerprint density at radius 2 is 1.82 bits per heavy atom. The van der Waals surface area contributed by atoms with Gasteiger partial charge in [0.15, 0.2) is 0 Å². The summed E-state index contributed by atoms with van der Waals surface area (Å²) in [6, 6.07) is 18.6. The van der Waals surface area contributed by atoms with E-state index in [1.807, 2.05) is 54.9 Å². The summed E-state index contributed by atoms with van der Waals surface area (Å²) in [5.74, 6) is 1.73. The summed E-state index contributed by atoms with van der Waals surface area (Å²) in [6.07, 6.45) is 4.73. The number of ether oxygens (including phenoxy) is 1. The van der Waals surface area contributed by atoms with Gasteiger partial charge in [-0.2, -0.15) is 0 Å². The second-order valence-corrected chi connectivity index (χ2v) is 6.61. The average Bonchev–Trinajstić information content (AvgIpc) is 3.36. The van der Waals surface area contributed by atoms with Crippen molar-refractivity contribution in [2.24, 2.45) is 0 Å². The van der Waals surface area contributed by atoms with Gasteiger partial charge in [-0.3, -0.25) is 0 Å². The molecule has 0 saturated carbocycles. The van der Waals surface area contributed by atoms with Gasteiger partial charge < -0.3 is 19.7 Å². The van der Waals surface area contributed by atoms with E-state index in [-0.39, 0.29) is 43.5 Å². The van der Waals surface area contributed by atoms with E-state index in [4.69, 9.17) is 4.74 Å². The smallest absolute Gasteiger partial charge is 0.143 e. The molecular formula is C21H25Cl2N3O2. The molecule has 1 saturated heterocycles. The van der Waals surface area contributed by atoms with E-state index in [0.29, 0.717) is 6.61 Å². The Bertz CT molecular complexity index is 858. The number of hydrogen-bond acceptors (Lipinski definition) is 4. The molecule has 0 bridgehead atoms. The molecule has 0 aliphatic carbocycles. The standard InChI is InChI=1S/C21H23N3O2.2ClH/c25-14-17-12-18(13-23-17)24-11-10-22-21(24)19-8-4-5-9-20(19)26-15-16-6-2-1-3-7-16;;/h1-11,17-18,23,25H,12-15H2;2*1H/t17-,18+;;/m0../s1. The number of rotatable bonds is 6. The van der Waals surface area contributed by atoms with Crippen molar-refractivity contribution in [2.75, 3.05) is 13.2 Å². The van der Waals surface area contributed by atoms with Gasteiger partial charge >= 0.3 is 0 Å². The van der Waals surface area contributed by atoms with Gasteiger partial charge in [0.05, 0.1) is 12.2 Å². The lowest BCUT2D eigenvalue weighted by atomic mass is 10.1. The van der Waals surface area contributed by atoms with Crippen molar-refractivity contribution in [1.82, 2.24) is 14.9 Å². The molecule has 2 heterocycles. The molecule has 0 radical (unpaired) electrons. The number of imidazole rings is 1. The van der Waals surface area contributed by atoms with Crippen molar-refractivity contribution in [1.29, 1.82) is 0 Å². The van der Waals surface area contributed by atoms with E-state index < -0.39 is 0 Å². The molecule has 0 amide bonds. The first-order valence-corrected chi connectivity index (χ1v) is 8.98. The fourth-order valence-corrected chi connectivity index (χ4v) is 3.48. The van der Waals surface area contributed by atoms with Gasteiger partial charge in [-0.1, -0.05) is 42.5 Å². The molecule has 5 nitrogen and oxygen atoms in total. The summed E-state index contributed by atoms with van der Waals surface area (Å²) in [5.41, 5.74) is 2.12. The van der Waals surface area contributed by atoms with Gasteiger partial charge in [0.1, 0.15) is 18.2 Å². The average molecular weight is 422 g/mol. The van der Waals surface area contributed by atoms with E-state index in [0.717, 1.165) is 35.7 Å². The van der Waals surface area contributed by atoms with E-state index in [2.05, 4.69) is 27.0 Å². The molecule has 3 aromatic rings. The van der Waals surface area contributed by atoms with Crippen LogP contribution in [0.15, 0.2) is 67.0 Å². The monoisotopic (exact) mass is 421 g/mol. The van der Waals surface area contributed by atoms with Crippen LogP contribution < -0.4 is 10.1 Å². The van der Waals surface area contributed by atoms with Gasteiger partial charge in [-0.05, 0) is 24.1 Å². The van der Waals surface area contributed by atoms with Crippen LogP contribution in [-0.2, 0) is 6.61 Å². The number of para-hydroxylation sites is 1. The zero-order valence-electron chi connectivity index (χ0n) is 15.4. The number of aliphatic hydroxyl groups excluding tert-OH is 1. The van der Waals surface area contributed by atoms with Crippen LogP contribution in [0.4, 0.5) is 0 Å². The summed E-state index contributed by atoms with van der Waals surface area (Å²) in [7, 11) is 0. The molecule has 2 N–H and O–H groups in total. The minimum absolute atomic E-state index is 0. The first kappa shape index (κ1) is 22.2. The van der Waals surface area contributed by atoms with Crippen molar-refractivity contribution in [3.8, 4) is 17.1 Å². The molecule has 0 spiro atoms. The quantitative estimate of drug-likeness (QED) is 0.633. The van der Waals surface area contributed by atoms with Crippen LogP contribution in [0.2, 0.25) is 0 Å². The summed E-state index contributed by atoms with van der Waals surface area (Å²) in [4.78, 5) is 4.59. The summed E-state index contributed by atoms with van der Waals surface area (Å²) in [6.45, 7) is 1.52. The number of nitrogens with zero attached hydrogens (tertiary/aromatic N) is 2. The van der Waals surface area contributed by atoms with E-state index in [9.17, 15) is 5.11 Å². The van der Waals surface area contributed by atoms with Crippen molar-refractivity contribution < 1.29 is 9.84 Å². The molecule has 7 heteroatoms. The predicted molar refractivity (Wildman–Crippen MR) is 115 cm³/mol. The SMILES string of the molecule is Cl.Cl.OC[C@@H]1C[C@@H](n2ccnc2-c2ccccc2OCc2ccccc2)CN1. The minimum atomic E-state index is 0. The maximum absolute atomic E-state index is 9.38. The molecule has 0 unspecified atom stereocenters. The minimum Gasteiger partial charge on any atom is -0.488 e. The Labute approximate surface area is 177 Å². The second kappa shape index (κ2) is 10.5. The molecule has 1 aromatic heterocycles. The van der Waals surface area contributed by atoms with Crippen LogP contribution in [0.25, 0.3) is 11.4 Å². The second-order valence-electron chi connectivity index (χ2n) is 6.61. The maximum Gasteiger partial charge on any atom is 0.143 e. The first-order valence-electron chi connectivity index (χ1n) is 8.98. The number of hydrogen-bond donors (Lipinski definition) is 2. The molecule has 2 aromatic carbocycles. The Kier molecular flexibility index (Phi) is 8.33. The van der Waals surface area contributed by atoms with Gasteiger partial charge in [-0.15, -0.1) is 24.8 Å². The van der Waals surface area contributed by atoms with Crippen molar-refractivity contribution in [3.05, 3.63) is 72.6 Å². The van der Waals surface area contributed by atoms with Crippen molar-refractivity contribution in [3.63, 3.8) is 0 Å².